The van der Waals surface area contributed by atoms with Crippen molar-refractivity contribution in [1.82, 2.24) is 5.32 Å². The summed E-state index contributed by atoms with van der Waals surface area (Å²) in [7, 11) is 0. The smallest absolute Gasteiger partial charge is 0.340 e. The van der Waals surface area contributed by atoms with Gasteiger partial charge in [0.1, 0.15) is 23.0 Å². The number of carbonyl (C=O) groups excluding carboxylic acids is 1. The second-order valence-corrected chi connectivity index (χ2v) is 7.37. The zero-order valence-electron chi connectivity index (χ0n) is 16.1. The molecular weight excluding hydrogens is 402 g/mol. The minimum atomic E-state index is -1.33. The average molecular weight is 419 g/mol. The molecule has 8 heteroatoms. The molecule has 0 amide bonds. The number of nitrogens with one attached hydrogen (secondary N) is 1. The van der Waals surface area contributed by atoms with E-state index in [4.69, 9.17) is 14.6 Å². The van der Waals surface area contributed by atoms with Crippen LogP contribution in [0.15, 0.2) is 54.6 Å². The number of aromatic hydroxyl groups is 2. The standard InChI is InChI=1S/C23H17NO7/c25-13-4-6-15-18(8-13)30-19-9-14(26)5-7-16(19)23(15)17-3-1-2-12(10-24-11-20(27)28)21(17)22(29)31-23/h1-9,24-26H,10-11H2,(H,27,28). The van der Waals surface area contributed by atoms with E-state index in [1.54, 1.807) is 30.3 Å². The Labute approximate surface area is 176 Å². The molecule has 5 rings (SSSR count). The van der Waals surface area contributed by atoms with Gasteiger partial charge in [-0.3, -0.25) is 4.79 Å². The molecule has 2 aliphatic rings. The summed E-state index contributed by atoms with van der Waals surface area (Å²) in [6.45, 7) is -0.0794. The Morgan fingerprint density at radius 1 is 0.935 bits per heavy atom. The third-order valence-corrected chi connectivity index (χ3v) is 5.48. The third kappa shape index (κ3) is 2.80. The lowest BCUT2D eigenvalue weighted by atomic mass is 9.77. The van der Waals surface area contributed by atoms with E-state index in [1.165, 1.54) is 24.3 Å². The van der Waals surface area contributed by atoms with Gasteiger partial charge in [0.25, 0.3) is 0 Å². The zero-order chi connectivity index (χ0) is 21.8. The molecular formula is C23H17NO7. The summed E-state index contributed by atoms with van der Waals surface area (Å²) in [5.41, 5.74) is 1.26. The minimum absolute atomic E-state index is 0.0197. The molecule has 0 aliphatic carbocycles. The Bertz CT molecular complexity index is 1200. The molecule has 3 aromatic carbocycles. The van der Waals surface area contributed by atoms with Crippen LogP contribution < -0.4 is 10.1 Å². The van der Waals surface area contributed by atoms with Crippen LogP contribution in [0, 0.1) is 0 Å². The lowest BCUT2D eigenvalue weighted by Gasteiger charge is -2.36. The Morgan fingerprint density at radius 3 is 2.19 bits per heavy atom. The highest BCUT2D eigenvalue weighted by atomic mass is 16.6. The van der Waals surface area contributed by atoms with Crippen LogP contribution in [0.5, 0.6) is 23.0 Å². The van der Waals surface area contributed by atoms with Crippen LogP contribution in [-0.2, 0) is 21.7 Å². The van der Waals surface area contributed by atoms with Gasteiger partial charge in [0.2, 0.25) is 0 Å². The number of phenolic OH excluding ortho intramolecular Hbond substituents is 2. The highest BCUT2D eigenvalue weighted by Gasteiger charge is 2.54. The fourth-order valence-electron chi connectivity index (χ4n) is 4.27. The number of ether oxygens (including phenoxy) is 2. The second-order valence-electron chi connectivity index (χ2n) is 7.37. The molecule has 156 valence electrons. The Kier molecular flexibility index (Phi) is 4.13. The highest BCUT2D eigenvalue weighted by molar-refractivity contribution is 5.98. The number of rotatable bonds is 4. The normalized spacial score (nSPS) is 14.9. The van der Waals surface area contributed by atoms with E-state index < -0.39 is 17.5 Å². The summed E-state index contributed by atoms with van der Waals surface area (Å²) in [6, 6.07) is 14.4. The van der Waals surface area contributed by atoms with Crippen molar-refractivity contribution in [2.45, 2.75) is 12.1 Å². The molecule has 0 saturated carbocycles. The van der Waals surface area contributed by atoms with Crippen LogP contribution in [0.25, 0.3) is 0 Å². The molecule has 4 N–H and O–H groups in total. The molecule has 31 heavy (non-hydrogen) atoms. The number of fused-ring (bicyclic) bond motifs is 6. The predicted molar refractivity (Wildman–Crippen MR) is 107 cm³/mol. The van der Waals surface area contributed by atoms with Crippen LogP contribution in [0.2, 0.25) is 0 Å². The molecule has 0 atom stereocenters. The van der Waals surface area contributed by atoms with Crippen LogP contribution in [0.3, 0.4) is 0 Å². The van der Waals surface area contributed by atoms with Gasteiger partial charge in [-0.2, -0.15) is 0 Å². The topological polar surface area (TPSA) is 125 Å². The van der Waals surface area contributed by atoms with E-state index in [1.807, 2.05) is 0 Å². The first kappa shape index (κ1) is 19.0. The molecule has 0 aromatic heterocycles. The van der Waals surface area contributed by atoms with Crippen molar-refractivity contribution in [2.75, 3.05) is 6.54 Å². The Morgan fingerprint density at radius 2 is 1.58 bits per heavy atom. The second kappa shape index (κ2) is 6.75. The molecule has 0 bridgehead atoms. The van der Waals surface area contributed by atoms with Crippen molar-refractivity contribution in [3.05, 3.63) is 82.4 Å². The number of carboxylic acids is 1. The number of hydrogen-bond acceptors (Lipinski definition) is 7. The lowest BCUT2D eigenvalue weighted by molar-refractivity contribution is -0.136. The van der Waals surface area contributed by atoms with Crippen LogP contribution in [0.4, 0.5) is 0 Å². The monoisotopic (exact) mass is 419 g/mol. The third-order valence-electron chi connectivity index (χ3n) is 5.48. The van der Waals surface area contributed by atoms with Gasteiger partial charge in [0, 0.05) is 35.4 Å². The first-order valence-corrected chi connectivity index (χ1v) is 9.53. The fourth-order valence-corrected chi connectivity index (χ4v) is 4.27. The summed E-state index contributed by atoms with van der Waals surface area (Å²) in [5, 5.41) is 31.6. The van der Waals surface area contributed by atoms with E-state index in [0.717, 1.165) is 0 Å². The van der Waals surface area contributed by atoms with E-state index in [-0.39, 0.29) is 24.6 Å². The van der Waals surface area contributed by atoms with Crippen LogP contribution in [-0.4, -0.2) is 33.8 Å². The van der Waals surface area contributed by atoms with Crippen molar-refractivity contribution in [2.24, 2.45) is 0 Å². The molecule has 2 aliphatic heterocycles. The number of carbonyl (C=O) groups is 2. The van der Waals surface area contributed by atoms with E-state index in [2.05, 4.69) is 5.32 Å². The van der Waals surface area contributed by atoms with Crippen LogP contribution in [0.1, 0.15) is 32.6 Å². The Balaban J connectivity index is 1.74. The number of hydrogen-bond donors (Lipinski definition) is 4. The van der Waals surface area contributed by atoms with Gasteiger partial charge < -0.3 is 30.1 Å². The van der Waals surface area contributed by atoms with Gasteiger partial charge in [0.05, 0.1) is 12.1 Å². The maximum absolute atomic E-state index is 13.1. The van der Waals surface area contributed by atoms with Gasteiger partial charge in [-0.05, 0) is 29.8 Å². The summed E-state index contributed by atoms with van der Waals surface area (Å²) in [5.74, 6) is -0.996. The summed E-state index contributed by atoms with van der Waals surface area (Å²) in [6.07, 6.45) is 0. The zero-order valence-corrected chi connectivity index (χ0v) is 16.1. The van der Waals surface area contributed by atoms with Crippen molar-refractivity contribution in [1.29, 1.82) is 0 Å². The van der Waals surface area contributed by atoms with Gasteiger partial charge in [-0.15, -0.1) is 0 Å². The predicted octanol–water partition coefficient (Wildman–Crippen LogP) is 2.84. The molecule has 1 spiro atoms. The first-order chi connectivity index (χ1) is 14.9. The number of carboxylic acid groups (broad SMARTS) is 1. The number of benzene rings is 3. The lowest BCUT2D eigenvalue weighted by Crippen LogP contribution is -2.32. The molecule has 8 nitrogen and oxygen atoms in total. The van der Waals surface area contributed by atoms with E-state index >= 15 is 0 Å². The van der Waals surface area contributed by atoms with Gasteiger partial charge >= 0.3 is 11.9 Å². The van der Waals surface area contributed by atoms with Crippen molar-refractivity contribution >= 4 is 11.9 Å². The van der Waals surface area contributed by atoms with Crippen molar-refractivity contribution < 1.29 is 34.4 Å². The highest BCUT2D eigenvalue weighted by Crippen LogP contribution is 2.57. The molecule has 2 heterocycles. The molecule has 0 fully saturated rings. The summed E-state index contributed by atoms with van der Waals surface area (Å²) in [4.78, 5) is 24.0. The minimum Gasteiger partial charge on any atom is -0.508 e. The summed E-state index contributed by atoms with van der Waals surface area (Å²) >= 11 is 0. The van der Waals surface area contributed by atoms with Crippen molar-refractivity contribution in [3.63, 3.8) is 0 Å². The van der Waals surface area contributed by atoms with Gasteiger partial charge in [0.15, 0.2) is 5.60 Å². The first-order valence-electron chi connectivity index (χ1n) is 9.53. The van der Waals surface area contributed by atoms with Crippen molar-refractivity contribution in [3.8, 4) is 23.0 Å². The molecule has 0 saturated heterocycles. The average Bonchev–Trinajstić information content (AvgIpc) is 3.01. The number of phenols is 2. The number of esters is 1. The largest absolute Gasteiger partial charge is 0.508 e. The Hall–Kier alpha value is -4.04. The van der Waals surface area contributed by atoms with E-state index in [0.29, 0.717) is 39.3 Å². The SMILES string of the molecule is O=C(O)CNCc1cccc2c1C(=O)OC21c2ccc(O)cc2Oc2cc(O)ccc21. The molecule has 0 unspecified atom stereocenters. The van der Waals surface area contributed by atoms with Crippen LogP contribution >= 0.6 is 0 Å². The molecule has 0 radical (unpaired) electrons. The molecule has 3 aromatic rings. The maximum atomic E-state index is 13.1. The van der Waals surface area contributed by atoms with E-state index in [9.17, 15) is 19.8 Å². The maximum Gasteiger partial charge on any atom is 0.340 e. The summed E-state index contributed by atoms with van der Waals surface area (Å²) < 4.78 is 11.9. The fraction of sp³-hybridized carbons (Fsp3) is 0.130. The number of aliphatic carboxylic acids is 1. The quantitative estimate of drug-likeness (QED) is 0.476. The van der Waals surface area contributed by atoms with Gasteiger partial charge in [-0.1, -0.05) is 18.2 Å². The van der Waals surface area contributed by atoms with Gasteiger partial charge in [-0.25, -0.2) is 4.79 Å².